The fraction of sp³-hybridized carbons (Fsp3) is 0.725. The highest BCUT2D eigenvalue weighted by Crippen LogP contribution is 2.66. The molecule has 784 valence electrons. The van der Waals surface area contributed by atoms with Crippen molar-refractivity contribution in [2.24, 2.45) is 67.5 Å². The van der Waals surface area contributed by atoms with Crippen LogP contribution in [0.5, 0.6) is 0 Å². The Kier molecular flexibility index (Phi) is 45.1. The van der Waals surface area contributed by atoms with Gasteiger partial charge in [0, 0.05) is 0 Å². The van der Waals surface area contributed by atoms with Crippen LogP contribution < -0.4 is 0 Å². The van der Waals surface area contributed by atoms with Gasteiger partial charge in [0.25, 0.3) is 0 Å². The van der Waals surface area contributed by atoms with Crippen molar-refractivity contribution in [1.29, 1.82) is 0 Å². The summed E-state index contributed by atoms with van der Waals surface area (Å²) < 4.78 is 80.0. The monoisotopic (exact) mass is 1910 g/mol. The molecule has 6 heteroatoms. The maximum absolute atomic E-state index is 13.3. The minimum absolute atomic E-state index is 0.187. The summed E-state index contributed by atoms with van der Waals surface area (Å²) >= 11 is 0. The fourth-order valence-electron chi connectivity index (χ4n) is 21.8. The Balaban J connectivity index is 0.000000538. The van der Waals surface area contributed by atoms with Crippen molar-refractivity contribution in [3.05, 3.63) is 209 Å². The van der Waals surface area contributed by atoms with E-state index in [9.17, 15) is 26.3 Å². The highest BCUT2D eigenvalue weighted by molar-refractivity contribution is 5.50. The average Bonchev–Trinajstić information content (AvgIpc) is 0.736. The highest BCUT2D eigenvalue weighted by Gasteiger charge is 2.56. The molecule has 4 aliphatic rings. The van der Waals surface area contributed by atoms with Crippen LogP contribution in [0, 0.1) is 67.5 Å². The van der Waals surface area contributed by atoms with Crippen LogP contribution in [0.4, 0.5) is 26.3 Å². The minimum Gasteiger partial charge on any atom is -0.171 e. The van der Waals surface area contributed by atoms with Crippen molar-refractivity contribution in [3.8, 4) is 0 Å². The maximum atomic E-state index is 13.3. The summed E-state index contributed by atoms with van der Waals surface area (Å²) in [7, 11) is 0. The molecule has 4 aliphatic carbocycles. The molecule has 0 spiro atoms. The first-order valence-electron chi connectivity index (χ1n) is 53.9. The van der Waals surface area contributed by atoms with Crippen molar-refractivity contribution in [3.63, 3.8) is 0 Å². The van der Waals surface area contributed by atoms with E-state index in [1.807, 2.05) is 20.8 Å². The van der Waals surface area contributed by atoms with Gasteiger partial charge >= 0.3 is 12.4 Å². The SMILES string of the molecule is CC(C)(C)C12CC3CC(CC(C3)C1)C2.CC(C)(C)Cc1cccc(CC(C)(C)C)c1C(C)(C)C.CC(C)(C)c1c(CC(C)(C)C(F)(F)F)cccc1CC(C)(C)C(F)(F)F.CC(C)(C)c1cccc(C(C)(C)C)c1C(C)(C)C.CC(C)Cc1cccc(CC(C)C)c1C(C)(C)C.CC(C)c1cc(C(C)C)c(C(C)(C)C)c(C(C)C)c1.CC(C)c1cccc(C(C)C)c1C(C)(C)C.CCC(C)(C)C. The molecule has 0 atom stereocenters. The van der Waals surface area contributed by atoms with Gasteiger partial charge < -0.3 is 0 Å². The van der Waals surface area contributed by atoms with Crippen LogP contribution in [-0.4, -0.2) is 12.4 Å². The number of benzene rings is 6. The summed E-state index contributed by atoms with van der Waals surface area (Å²) in [5.41, 5.74) is 25.5. The van der Waals surface area contributed by atoms with E-state index in [4.69, 9.17) is 0 Å². The van der Waals surface area contributed by atoms with E-state index in [0.717, 1.165) is 75.5 Å². The van der Waals surface area contributed by atoms with Crippen LogP contribution in [0.25, 0.3) is 0 Å². The Morgan fingerprint density at radius 3 is 0.693 bits per heavy atom. The van der Waals surface area contributed by atoms with Crippen LogP contribution in [0.3, 0.4) is 0 Å². The summed E-state index contributed by atoms with van der Waals surface area (Å²) in [4.78, 5) is 0. The zero-order chi connectivity index (χ0) is 107. The second-order valence-electron chi connectivity index (χ2n) is 59.4. The van der Waals surface area contributed by atoms with Gasteiger partial charge in [0.15, 0.2) is 0 Å². The lowest BCUT2D eigenvalue weighted by Gasteiger charge is -2.62. The molecule has 4 fully saturated rings. The third kappa shape index (κ3) is 39.8. The van der Waals surface area contributed by atoms with Crippen LogP contribution in [-0.2, 0) is 81.8 Å². The summed E-state index contributed by atoms with van der Waals surface area (Å²) in [5, 5.41) is 0. The van der Waals surface area contributed by atoms with E-state index in [1.165, 1.54) is 63.8 Å². The molecule has 0 unspecified atom stereocenters. The minimum atomic E-state index is -4.40. The molecular formula is C131H218F6. The molecule has 4 bridgehead atoms. The number of alkyl halides is 6. The molecule has 4 saturated carbocycles. The van der Waals surface area contributed by atoms with Crippen molar-refractivity contribution in [2.75, 3.05) is 0 Å². The molecule has 0 aliphatic heterocycles. The summed E-state index contributed by atoms with van der Waals surface area (Å²) in [5.74, 6) is 7.77. The van der Waals surface area contributed by atoms with Gasteiger partial charge in [0.1, 0.15) is 0 Å². The lowest BCUT2D eigenvalue weighted by Crippen LogP contribution is -2.51. The molecule has 6 aromatic rings. The molecule has 0 nitrogen and oxygen atoms in total. The third-order valence-electron chi connectivity index (χ3n) is 28.6. The van der Waals surface area contributed by atoms with Crippen LogP contribution >= 0.6 is 0 Å². The first-order valence-corrected chi connectivity index (χ1v) is 53.9. The van der Waals surface area contributed by atoms with Crippen molar-refractivity contribution in [1.82, 2.24) is 0 Å². The standard InChI is InChI=1S/C20H28F6.C20H34.C19H32.2C18H30.C16H26.C14H24.C6H14/c1-16(2,3)15-13(11-17(4,5)19(21,22)23)9-8-10-14(15)12-18(6,7)20(24,25)26;1-18(2,3)13-15-11-10-12-16(14-19(4,5)6)17(15)20(7,8)9;1-12(2)15-10-16(13(3)4)18(19(7,8)9)17(11-15)14(5)6;1-16(2,3)13-11-10-12-14(17(4,5)6)15(13)18(7,8)9;1-13(2)11-15-9-8-10-16(12-14(3)4)17(15)18(5,6)7;1-11(2)13-9-8-10-14(12(3)4)15(13)16(5,6)7;1-13(2,3)14-7-10-4-11(8-14)6-12(5-10)9-14;1-5-6(2,3)4/h8-10H,11-12H2,1-7H3;10-12H,13-14H2,1-9H3;10-14H,1-9H3;10-12H,1-9H3;8-10,13-14H,11-12H2,1-7H3;8-12H,1-7H3;10-12H,4-9H2,1-3H3;5H2,1-4H3. The molecular weight excluding hydrogens is 1690 g/mol. The molecule has 0 amide bonds. The van der Waals surface area contributed by atoms with Gasteiger partial charge in [0.2, 0.25) is 0 Å². The maximum Gasteiger partial charge on any atom is 0.394 e. The molecule has 137 heavy (non-hydrogen) atoms. The van der Waals surface area contributed by atoms with Crippen molar-refractivity contribution in [2.45, 2.75) is 550 Å². The molecule has 0 heterocycles. The molecule has 10 rings (SSSR count). The van der Waals surface area contributed by atoms with Gasteiger partial charge in [-0.05, 0) is 312 Å². The normalized spacial score (nSPS) is 17.2. The lowest BCUT2D eigenvalue weighted by atomic mass is 9.43. The number of hydrogen-bond acceptors (Lipinski definition) is 0. The van der Waals surface area contributed by atoms with E-state index in [-0.39, 0.29) is 50.7 Å². The molecule has 0 aromatic heterocycles. The Morgan fingerprint density at radius 2 is 0.489 bits per heavy atom. The lowest BCUT2D eigenvalue weighted by molar-refractivity contribution is -0.211. The van der Waals surface area contributed by atoms with Gasteiger partial charge in [-0.3, -0.25) is 0 Å². The largest absolute Gasteiger partial charge is 0.394 e. The zero-order valence-electron chi connectivity index (χ0n) is 100. The van der Waals surface area contributed by atoms with E-state index in [0.29, 0.717) is 67.9 Å². The van der Waals surface area contributed by atoms with Crippen LogP contribution in [0.2, 0.25) is 0 Å². The topological polar surface area (TPSA) is 0 Å². The smallest absolute Gasteiger partial charge is 0.171 e. The Morgan fingerprint density at radius 1 is 0.263 bits per heavy atom. The first-order chi connectivity index (χ1) is 61.0. The summed E-state index contributed by atoms with van der Waals surface area (Å²) in [6.07, 6.45) is 6.02. The zero-order valence-corrected chi connectivity index (χ0v) is 100. The predicted octanol–water partition coefficient (Wildman–Crippen LogP) is 42.6. The predicted molar refractivity (Wildman–Crippen MR) is 599 cm³/mol. The Labute approximate surface area is 846 Å². The second-order valence-corrected chi connectivity index (χ2v) is 59.4. The van der Waals surface area contributed by atoms with Gasteiger partial charge in [-0.25, -0.2) is 0 Å². The number of hydrogen-bond donors (Lipinski definition) is 0. The van der Waals surface area contributed by atoms with E-state index in [1.54, 1.807) is 101 Å². The average molecular weight is 1910 g/mol. The van der Waals surface area contributed by atoms with Gasteiger partial charge in [-0.15, -0.1) is 0 Å². The van der Waals surface area contributed by atoms with Crippen LogP contribution in [0.1, 0.15) is 561 Å². The van der Waals surface area contributed by atoms with Crippen LogP contribution in [0.15, 0.2) is 103 Å². The van der Waals surface area contributed by atoms with Gasteiger partial charge in [0.05, 0.1) is 10.8 Å². The van der Waals surface area contributed by atoms with E-state index in [2.05, 4.69) is 417 Å². The molecule has 0 N–H and O–H groups in total. The van der Waals surface area contributed by atoms with Crippen molar-refractivity contribution >= 4 is 0 Å². The van der Waals surface area contributed by atoms with E-state index < -0.39 is 28.6 Å². The highest BCUT2D eigenvalue weighted by atomic mass is 19.4. The fourth-order valence-corrected chi connectivity index (χ4v) is 21.8. The molecule has 0 radical (unpaired) electrons. The third-order valence-corrected chi connectivity index (χ3v) is 28.6. The van der Waals surface area contributed by atoms with Gasteiger partial charge in [-0.1, -0.05) is 490 Å². The summed E-state index contributed by atoms with van der Waals surface area (Å²) in [6, 6.07) is 37.0. The van der Waals surface area contributed by atoms with Gasteiger partial charge in [-0.2, -0.15) is 26.3 Å². The Bertz CT molecular complexity index is 4410. The Hall–Kier alpha value is -5.10. The number of halogens is 6. The second kappa shape index (κ2) is 48.3. The first kappa shape index (κ1) is 128. The van der Waals surface area contributed by atoms with E-state index >= 15 is 0 Å². The molecule has 0 saturated heterocycles. The number of rotatable bonds is 15. The quantitative estimate of drug-likeness (QED) is 0.0899. The molecule has 6 aromatic carbocycles. The van der Waals surface area contributed by atoms with Crippen molar-refractivity contribution < 1.29 is 26.3 Å². The summed E-state index contributed by atoms with van der Waals surface area (Å²) in [6.45, 7) is 121.